The van der Waals surface area contributed by atoms with Crippen LogP contribution in [0.1, 0.15) is 0 Å². The zero-order chi connectivity index (χ0) is 10.3. The van der Waals surface area contributed by atoms with Crippen molar-refractivity contribution in [3.63, 3.8) is 0 Å². The molecule has 1 rings (SSSR count). The molecule has 13 heavy (non-hydrogen) atoms. The van der Waals surface area contributed by atoms with Crippen LogP contribution < -0.4 is 5.43 Å². The largest absolute Gasteiger partial charge is 0.479 e. The Kier molecular flexibility index (Phi) is 1.99. The van der Waals surface area contributed by atoms with Crippen molar-refractivity contribution in [1.29, 1.82) is 0 Å². The van der Waals surface area contributed by atoms with E-state index in [2.05, 4.69) is 0 Å². The van der Waals surface area contributed by atoms with Crippen LogP contribution in [0.15, 0.2) is 12.3 Å². The molecular formula is C6H7F3N2O2. The fourth-order valence-corrected chi connectivity index (χ4v) is 0.975. The Morgan fingerprint density at radius 2 is 2.15 bits per heavy atom. The van der Waals surface area contributed by atoms with Crippen molar-refractivity contribution >= 4 is 5.97 Å². The van der Waals surface area contributed by atoms with Crippen LogP contribution in [0.3, 0.4) is 0 Å². The number of nitrogens with zero attached hydrogens (tertiary/aromatic N) is 1. The van der Waals surface area contributed by atoms with E-state index >= 15 is 0 Å². The molecule has 0 saturated heterocycles. The lowest BCUT2D eigenvalue weighted by Crippen LogP contribution is -2.61. The van der Waals surface area contributed by atoms with E-state index in [9.17, 15) is 18.0 Å². The normalized spacial score (nSPS) is 28.2. The van der Waals surface area contributed by atoms with E-state index in [0.717, 1.165) is 11.2 Å². The lowest BCUT2D eigenvalue weighted by Gasteiger charge is -2.27. The standard InChI is InChI=1S/C6H7F3N2O2/c1-11-3-2-5(10-11,4(12)13)6(7,8)9/h2-3,10H,1H3,(H,12,13). The number of alkyl halides is 3. The Morgan fingerprint density at radius 1 is 1.62 bits per heavy atom. The molecule has 7 heteroatoms. The van der Waals surface area contributed by atoms with Gasteiger partial charge in [0.15, 0.2) is 0 Å². The minimum atomic E-state index is -4.86. The predicted octanol–water partition coefficient (Wildman–Crippen LogP) is 0.336. The maximum Gasteiger partial charge on any atom is 0.422 e. The Bertz CT molecular complexity index is 263. The maximum absolute atomic E-state index is 12.3. The van der Waals surface area contributed by atoms with Gasteiger partial charge in [-0.3, -0.25) is 0 Å². The van der Waals surface area contributed by atoms with Crippen LogP contribution >= 0.6 is 0 Å². The summed E-state index contributed by atoms with van der Waals surface area (Å²) in [7, 11) is 1.28. The van der Waals surface area contributed by atoms with Crippen LogP contribution in [0.4, 0.5) is 13.2 Å². The third kappa shape index (κ3) is 1.35. The maximum atomic E-state index is 12.3. The number of hydrogen-bond acceptors (Lipinski definition) is 3. The fourth-order valence-electron chi connectivity index (χ4n) is 0.975. The van der Waals surface area contributed by atoms with Crippen LogP contribution in [-0.2, 0) is 4.79 Å². The molecule has 0 saturated carbocycles. The Morgan fingerprint density at radius 3 is 2.31 bits per heavy atom. The van der Waals surface area contributed by atoms with E-state index in [1.54, 1.807) is 5.43 Å². The zero-order valence-corrected chi connectivity index (χ0v) is 6.59. The van der Waals surface area contributed by atoms with E-state index in [1.807, 2.05) is 0 Å². The van der Waals surface area contributed by atoms with Crippen molar-refractivity contribution in [3.05, 3.63) is 12.3 Å². The first-order valence-electron chi connectivity index (χ1n) is 3.30. The highest BCUT2D eigenvalue weighted by Crippen LogP contribution is 2.34. The highest BCUT2D eigenvalue weighted by Gasteiger charge is 2.61. The number of hydrazine groups is 1. The molecule has 0 fully saturated rings. The van der Waals surface area contributed by atoms with Gasteiger partial charge in [0.25, 0.3) is 0 Å². The van der Waals surface area contributed by atoms with Gasteiger partial charge in [-0.05, 0) is 6.08 Å². The fraction of sp³-hybridized carbons (Fsp3) is 0.500. The number of aliphatic carboxylic acids is 1. The van der Waals surface area contributed by atoms with Crippen molar-refractivity contribution in [2.75, 3.05) is 7.05 Å². The molecule has 0 radical (unpaired) electrons. The first-order valence-corrected chi connectivity index (χ1v) is 3.30. The molecule has 0 aromatic carbocycles. The van der Waals surface area contributed by atoms with Gasteiger partial charge in [0, 0.05) is 13.2 Å². The SMILES string of the molecule is CN1C=CC(C(=O)O)(C(F)(F)F)N1. The molecule has 0 aliphatic carbocycles. The third-order valence-electron chi connectivity index (χ3n) is 1.69. The summed E-state index contributed by atoms with van der Waals surface area (Å²) >= 11 is 0. The van der Waals surface area contributed by atoms with Crippen LogP contribution in [0.5, 0.6) is 0 Å². The molecule has 0 spiro atoms. The minimum absolute atomic E-state index is 0.565. The van der Waals surface area contributed by atoms with Crippen LogP contribution in [0.2, 0.25) is 0 Å². The van der Waals surface area contributed by atoms with E-state index in [4.69, 9.17) is 5.11 Å². The summed E-state index contributed by atoms with van der Waals surface area (Å²) < 4.78 is 37.0. The van der Waals surface area contributed by atoms with Gasteiger partial charge in [-0.1, -0.05) is 0 Å². The van der Waals surface area contributed by atoms with Gasteiger partial charge in [0.2, 0.25) is 5.54 Å². The summed E-state index contributed by atoms with van der Waals surface area (Å²) in [5, 5.41) is 9.40. The van der Waals surface area contributed by atoms with E-state index in [1.165, 1.54) is 7.05 Å². The second-order valence-corrected chi connectivity index (χ2v) is 2.65. The summed E-state index contributed by atoms with van der Waals surface area (Å²) in [6.07, 6.45) is -3.28. The Labute approximate surface area is 71.6 Å². The molecule has 1 heterocycles. The third-order valence-corrected chi connectivity index (χ3v) is 1.69. The van der Waals surface area contributed by atoms with Crippen molar-refractivity contribution in [2.45, 2.75) is 11.7 Å². The monoisotopic (exact) mass is 196 g/mol. The number of hydrogen-bond donors (Lipinski definition) is 2. The average molecular weight is 196 g/mol. The molecule has 4 nitrogen and oxygen atoms in total. The Balaban J connectivity index is 3.06. The zero-order valence-electron chi connectivity index (χ0n) is 6.59. The molecule has 0 bridgehead atoms. The Hall–Kier alpha value is -1.24. The number of carboxylic acid groups (broad SMARTS) is 1. The summed E-state index contributed by atoms with van der Waals surface area (Å²) in [5.41, 5.74) is -1.18. The van der Waals surface area contributed by atoms with Crippen LogP contribution in [0.25, 0.3) is 0 Å². The highest BCUT2D eigenvalue weighted by molar-refractivity contribution is 5.83. The second-order valence-electron chi connectivity index (χ2n) is 2.65. The minimum Gasteiger partial charge on any atom is -0.479 e. The van der Waals surface area contributed by atoms with Gasteiger partial charge >= 0.3 is 12.1 Å². The van der Waals surface area contributed by atoms with Crippen molar-refractivity contribution in [3.8, 4) is 0 Å². The van der Waals surface area contributed by atoms with E-state index in [0.29, 0.717) is 6.08 Å². The van der Waals surface area contributed by atoms with E-state index in [-0.39, 0.29) is 0 Å². The lowest BCUT2D eigenvalue weighted by molar-refractivity contribution is -0.202. The smallest absolute Gasteiger partial charge is 0.422 e. The molecule has 1 unspecified atom stereocenters. The number of halogens is 3. The molecule has 74 valence electrons. The number of carboxylic acids is 1. The quantitative estimate of drug-likeness (QED) is 0.634. The van der Waals surface area contributed by atoms with Gasteiger partial charge < -0.3 is 10.1 Å². The van der Waals surface area contributed by atoms with Crippen LogP contribution in [0, 0.1) is 0 Å². The van der Waals surface area contributed by atoms with Gasteiger partial charge in [0.05, 0.1) is 0 Å². The molecule has 0 amide bonds. The second kappa shape index (κ2) is 2.63. The average Bonchev–Trinajstić information content (AvgIpc) is 2.30. The van der Waals surface area contributed by atoms with Gasteiger partial charge in [-0.2, -0.15) is 13.2 Å². The number of nitrogens with one attached hydrogen (secondary N) is 1. The lowest BCUT2D eigenvalue weighted by atomic mass is 10.0. The predicted molar refractivity (Wildman–Crippen MR) is 36.5 cm³/mol. The van der Waals surface area contributed by atoms with Gasteiger partial charge in [-0.15, -0.1) is 0 Å². The summed E-state index contributed by atoms with van der Waals surface area (Å²) in [5.74, 6) is -1.97. The van der Waals surface area contributed by atoms with Crippen molar-refractivity contribution in [2.24, 2.45) is 0 Å². The van der Waals surface area contributed by atoms with Crippen LogP contribution in [-0.4, -0.2) is 34.8 Å². The molecule has 2 N–H and O–H groups in total. The summed E-state index contributed by atoms with van der Waals surface area (Å²) in [6.45, 7) is 0. The molecule has 1 aliphatic heterocycles. The van der Waals surface area contributed by atoms with Gasteiger partial charge in [-0.25, -0.2) is 10.2 Å². The highest BCUT2D eigenvalue weighted by atomic mass is 19.4. The summed E-state index contributed by atoms with van der Waals surface area (Å²) in [4.78, 5) is 10.5. The van der Waals surface area contributed by atoms with Crippen molar-refractivity contribution < 1.29 is 23.1 Å². The number of rotatable bonds is 1. The van der Waals surface area contributed by atoms with Gasteiger partial charge in [0.1, 0.15) is 0 Å². The first-order chi connectivity index (χ1) is 5.79. The molecule has 0 aromatic rings. The molecule has 1 aliphatic rings. The molecule has 1 atom stereocenters. The van der Waals surface area contributed by atoms with Crippen molar-refractivity contribution in [1.82, 2.24) is 10.4 Å². The molecular weight excluding hydrogens is 189 g/mol. The first kappa shape index (κ1) is 9.85. The van der Waals surface area contributed by atoms with E-state index < -0.39 is 17.7 Å². The topological polar surface area (TPSA) is 52.6 Å². The molecule has 0 aromatic heterocycles. The summed E-state index contributed by atoms with van der Waals surface area (Å²) in [6, 6.07) is 0. The number of carbonyl (C=O) groups is 1.